The molecule has 1 N–H and O–H groups in total. The zero-order valence-electron chi connectivity index (χ0n) is 33.3. The van der Waals surface area contributed by atoms with E-state index in [2.05, 4.69) is 32.1 Å². The molecule has 0 heterocycles. The molecular formula is C42H73NO8P+. The molecule has 0 aliphatic carbocycles. The Morgan fingerprint density at radius 1 is 0.615 bits per heavy atom. The molecule has 0 rings (SSSR count). The lowest BCUT2D eigenvalue weighted by molar-refractivity contribution is -0.870. The average Bonchev–Trinajstić information content (AvgIpc) is 3.09. The van der Waals surface area contributed by atoms with Gasteiger partial charge >= 0.3 is 19.8 Å². The summed E-state index contributed by atoms with van der Waals surface area (Å²) in [5, 5.41) is 0. The third-order valence-corrected chi connectivity index (χ3v) is 8.83. The normalized spacial score (nSPS) is 14.5. The highest BCUT2D eigenvalue weighted by Crippen LogP contribution is 2.43. The first kappa shape index (κ1) is 49.5. The first-order valence-corrected chi connectivity index (χ1v) is 21.2. The first-order chi connectivity index (χ1) is 25.0. The zero-order chi connectivity index (χ0) is 38.6. The van der Waals surface area contributed by atoms with Crippen LogP contribution in [0.2, 0.25) is 0 Å². The number of carbonyl (C=O) groups is 2. The van der Waals surface area contributed by atoms with Gasteiger partial charge in [0.1, 0.15) is 19.8 Å². The number of esters is 2. The lowest BCUT2D eigenvalue weighted by Gasteiger charge is -2.24. The number of phosphoric ester groups is 1. The molecule has 0 aromatic heterocycles. The topological polar surface area (TPSA) is 108 Å². The predicted molar refractivity (Wildman–Crippen MR) is 215 cm³/mol. The maximum Gasteiger partial charge on any atom is 0.472 e. The van der Waals surface area contributed by atoms with Gasteiger partial charge in [-0.05, 0) is 51.4 Å². The second kappa shape index (κ2) is 34.2. The fourth-order valence-electron chi connectivity index (χ4n) is 4.74. The Morgan fingerprint density at radius 3 is 1.73 bits per heavy atom. The predicted octanol–water partition coefficient (Wildman–Crippen LogP) is 10.7. The highest BCUT2D eigenvalue weighted by molar-refractivity contribution is 7.47. The molecule has 2 unspecified atom stereocenters. The van der Waals surface area contributed by atoms with Crippen LogP contribution in [0.15, 0.2) is 72.9 Å². The van der Waals surface area contributed by atoms with Crippen molar-refractivity contribution >= 4 is 19.8 Å². The van der Waals surface area contributed by atoms with E-state index in [0.717, 1.165) is 38.5 Å². The van der Waals surface area contributed by atoms with E-state index in [1.807, 2.05) is 75.8 Å². The van der Waals surface area contributed by atoms with Gasteiger partial charge in [0, 0.05) is 12.8 Å². The van der Waals surface area contributed by atoms with Crippen molar-refractivity contribution in [2.24, 2.45) is 0 Å². The Balaban J connectivity index is 4.55. The van der Waals surface area contributed by atoms with E-state index in [-0.39, 0.29) is 26.1 Å². The summed E-state index contributed by atoms with van der Waals surface area (Å²) in [5.74, 6) is -0.899. The number of hydrogen-bond donors (Lipinski definition) is 1. The van der Waals surface area contributed by atoms with Gasteiger partial charge in [0.2, 0.25) is 0 Å². The smallest absolute Gasteiger partial charge is 0.462 e. The number of nitrogens with zero attached hydrogens (tertiary/aromatic N) is 1. The van der Waals surface area contributed by atoms with Crippen molar-refractivity contribution in [2.45, 2.75) is 136 Å². The number of allylic oxidation sites excluding steroid dienone is 12. The Bertz CT molecular complexity index is 1120. The third-order valence-electron chi connectivity index (χ3n) is 7.85. The number of rotatable bonds is 34. The molecule has 0 aromatic carbocycles. The molecular weight excluding hydrogens is 677 g/mol. The van der Waals surface area contributed by atoms with E-state index in [4.69, 9.17) is 18.5 Å². The molecule has 298 valence electrons. The fourth-order valence-corrected chi connectivity index (χ4v) is 5.48. The van der Waals surface area contributed by atoms with Gasteiger partial charge in [-0.2, -0.15) is 0 Å². The molecule has 52 heavy (non-hydrogen) atoms. The van der Waals surface area contributed by atoms with Gasteiger partial charge in [0.25, 0.3) is 0 Å². The summed E-state index contributed by atoms with van der Waals surface area (Å²) in [6.45, 7) is 4.14. The van der Waals surface area contributed by atoms with E-state index >= 15 is 0 Å². The van der Waals surface area contributed by atoms with Crippen LogP contribution in [0.4, 0.5) is 0 Å². The van der Waals surface area contributed by atoms with Crippen molar-refractivity contribution < 1.29 is 42.1 Å². The Hall–Kier alpha value is -2.55. The minimum Gasteiger partial charge on any atom is -0.462 e. The maximum atomic E-state index is 12.6. The molecule has 0 fully saturated rings. The van der Waals surface area contributed by atoms with Crippen LogP contribution in [-0.2, 0) is 32.7 Å². The zero-order valence-corrected chi connectivity index (χ0v) is 34.2. The Labute approximate surface area is 317 Å². The number of likely N-dealkylation sites (N-methyl/N-ethyl adjacent to an activating group) is 1. The third kappa shape index (κ3) is 37.2. The van der Waals surface area contributed by atoms with Gasteiger partial charge in [0.15, 0.2) is 6.10 Å². The van der Waals surface area contributed by atoms with Crippen LogP contribution in [0.25, 0.3) is 0 Å². The second-order valence-electron chi connectivity index (χ2n) is 14.1. The molecule has 0 saturated heterocycles. The van der Waals surface area contributed by atoms with E-state index in [1.54, 1.807) is 0 Å². The van der Waals surface area contributed by atoms with Crippen molar-refractivity contribution in [2.75, 3.05) is 47.5 Å². The van der Waals surface area contributed by atoms with Gasteiger partial charge in [0.05, 0.1) is 27.7 Å². The van der Waals surface area contributed by atoms with Crippen molar-refractivity contribution in [3.8, 4) is 0 Å². The number of ether oxygens (including phenoxy) is 2. The maximum absolute atomic E-state index is 12.6. The minimum atomic E-state index is -4.39. The second-order valence-corrected chi connectivity index (χ2v) is 15.5. The van der Waals surface area contributed by atoms with Gasteiger partial charge in [-0.3, -0.25) is 18.6 Å². The van der Waals surface area contributed by atoms with Crippen LogP contribution in [-0.4, -0.2) is 74.9 Å². The van der Waals surface area contributed by atoms with E-state index in [9.17, 15) is 19.0 Å². The SMILES string of the molecule is CC/C=C/C=C/C=C/C=C/C=C/CCCC(=O)OC(COC(=O)CCCCCCCCC/C=C/CCCCCC)COP(=O)(O)OCC[N+](C)(C)C. The number of carbonyl (C=O) groups excluding carboxylic acids is 2. The van der Waals surface area contributed by atoms with Gasteiger partial charge in [-0.1, -0.05) is 138 Å². The van der Waals surface area contributed by atoms with Crippen LogP contribution in [0, 0.1) is 0 Å². The Kier molecular flexibility index (Phi) is 32.6. The summed E-state index contributed by atoms with van der Waals surface area (Å²) in [5.41, 5.74) is 0. The van der Waals surface area contributed by atoms with Crippen molar-refractivity contribution in [3.05, 3.63) is 72.9 Å². The number of phosphoric acid groups is 1. The highest BCUT2D eigenvalue weighted by atomic mass is 31.2. The largest absolute Gasteiger partial charge is 0.472 e. The Morgan fingerprint density at radius 2 is 1.13 bits per heavy atom. The molecule has 0 bridgehead atoms. The summed E-state index contributed by atoms with van der Waals surface area (Å²) in [6, 6.07) is 0. The number of unbranched alkanes of at least 4 members (excludes halogenated alkanes) is 12. The summed E-state index contributed by atoms with van der Waals surface area (Å²) < 4.78 is 34.1. The van der Waals surface area contributed by atoms with Crippen LogP contribution >= 0.6 is 7.82 Å². The first-order valence-electron chi connectivity index (χ1n) is 19.7. The van der Waals surface area contributed by atoms with Crippen LogP contribution in [0.3, 0.4) is 0 Å². The molecule has 0 amide bonds. The molecule has 0 aliphatic rings. The quantitative estimate of drug-likeness (QED) is 0.0173. The summed E-state index contributed by atoms with van der Waals surface area (Å²) >= 11 is 0. The lowest BCUT2D eigenvalue weighted by atomic mass is 10.1. The van der Waals surface area contributed by atoms with E-state index < -0.39 is 32.5 Å². The molecule has 9 nitrogen and oxygen atoms in total. The molecule has 2 atom stereocenters. The van der Waals surface area contributed by atoms with Crippen molar-refractivity contribution in [1.82, 2.24) is 0 Å². The van der Waals surface area contributed by atoms with Crippen molar-refractivity contribution in [3.63, 3.8) is 0 Å². The van der Waals surface area contributed by atoms with Gasteiger partial charge < -0.3 is 18.9 Å². The van der Waals surface area contributed by atoms with Crippen LogP contribution in [0.5, 0.6) is 0 Å². The number of hydrogen-bond acceptors (Lipinski definition) is 7. The molecule has 0 radical (unpaired) electrons. The standard InChI is InChI=1S/C42H72NO8P/c1-6-8-10-12-14-16-18-20-21-23-24-26-28-30-32-34-41(44)48-38-40(39-50-52(46,47)49-37-36-43(3,4)5)51-42(45)35-33-31-29-27-25-22-19-17-15-13-11-9-7-2/h9,11,13,15-19,22,25,27,29,40H,6-8,10,12,14,20-21,23-24,26,28,30-39H2,1-5H3/p+1/b11-9+,15-13+,18-16+,19-17+,25-22+,29-27+. The van der Waals surface area contributed by atoms with Gasteiger partial charge in [-0.15, -0.1) is 0 Å². The lowest BCUT2D eigenvalue weighted by Crippen LogP contribution is -2.37. The van der Waals surface area contributed by atoms with E-state index in [0.29, 0.717) is 23.9 Å². The van der Waals surface area contributed by atoms with E-state index in [1.165, 1.54) is 51.4 Å². The summed E-state index contributed by atoms with van der Waals surface area (Å²) in [7, 11) is 1.41. The van der Waals surface area contributed by atoms with Crippen LogP contribution < -0.4 is 0 Å². The molecule has 0 aliphatic heterocycles. The summed E-state index contributed by atoms with van der Waals surface area (Å²) in [6.07, 6.45) is 41.1. The molecule has 0 spiro atoms. The molecule has 0 aromatic rings. The molecule has 10 heteroatoms. The number of quaternary nitrogens is 1. The van der Waals surface area contributed by atoms with Crippen LogP contribution in [0.1, 0.15) is 129 Å². The molecule has 0 saturated carbocycles. The van der Waals surface area contributed by atoms with Crippen molar-refractivity contribution in [1.29, 1.82) is 0 Å². The monoisotopic (exact) mass is 751 g/mol. The summed E-state index contributed by atoms with van der Waals surface area (Å²) in [4.78, 5) is 35.2. The van der Waals surface area contributed by atoms with Gasteiger partial charge in [-0.25, -0.2) is 4.57 Å². The fraction of sp³-hybridized carbons (Fsp3) is 0.667. The minimum absolute atomic E-state index is 0.0139. The average molecular weight is 751 g/mol. The highest BCUT2D eigenvalue weighted by Gasteiger charge is 2.27.